The van der Waals surface area contributed by atoms with Crippen LogP contribution in [-0.4, -0.2) is 19.6 Å². The van der Waals surface area contributed by atoms with Crippen LogP contribution in [-0.2, 0) is 0 Å². The van der Waals surface area contributed by atoms with Crippen molar-refractivity contribution in [3.63, 3.8) is 0 Å². The van der Waals surface area contributed by atoms with Crippen molar-refractivity contribution in [2.45, 2.75) is 0 Å². The Kier molecular flexibility index (Phi) is 8.42. The summed E-state index contributed by atoms with van der Waals surface area (Å²) in [5.41, 5.74) is 15.8. The van der Waals surface area contributed by atoms with E-state index in [0.29, 0.717) is 5.82 Å². The number of hydrogen-bond donors (Lipinski definition) is 0. The Morgan fingerprint density at radius 1 is 0.371 bits per heavy atom. The zero-order valence-corrected chi connectivity index (χ0v) is 33.5. The lowest BCUT2D eigenvalue weighted by atomic mass is 9.90. The van der Waals surface area contributed by atoms with Crippen molar-refractivity contribution >= 4 is 38.2 Å². The highest BCUT2D eigenvalue weighted by atomic mass is 16.3. The van der Waals surface area contributed by atoms with Gasteiger partial charge >= 0.3 is 0 Å². The van der Waals surface area contributed by atoms with E-state index in [-0.39, 0.29) is 0 Å². The lowest BCUT2D eigenvalue weighted by Crippen LogP contribution is -2.00. The van der Waals surface area contributed by atoms with E-state index in [1.54, 1.807) is 0 Å². The number of fused-ring (bicyclic) bond motifs is 6. The Hall–Kier alpha value is -8.41. The third-order valence-corrected chi connectivity index (χ3v) is 11.8. The molecule has 0 radical (unpaired) electrons. The SMILES string of the molecule is c1ccc(-c2nc(-c3cccc(-c4c(-c5ccccc5)n5nc(-c6ccccc6)c(-c6ccccc6)c5c5ccccc45)c3)cc(-c3cccc4oc5ccccc5c34)n2)cc1. The van der Waals surface area contributed by atoms with E-state index in [0.717, 1.165) is 111 Å². The minimum absolute atomic E-state index is 0.656. The van der Waals surface area contributed by atoms with Gasteiger partial charge in [0.25, 0.3) is 0 Å². The smallest absolute Gasteiger partial charge is 0.160 e. The lowest BCUT2D eigenvalue weighted by molar-refractivity contribution is 0.669. The minimum Gasteiger partial charge on any atom is -0.456 e. The molecule has 62 heavy (non-hydrogen) atoms. The van der Waals surface area contributed by atoms with Crippen LogP contribution in [0.4, 0.5) is 0 Å². The molecule has 0 N–H and O–H groups in total. The van der Waals surface area contributed by atoms with Crippen molar-refractivity contribution in [1.82, 2.24) is 19.6 Å². The van der Waals surface area contributed by atoms with Crippen LogP contribution in [0.5, 0.6) is 0 Å². The zero-order valence-electron chi connectivity index (χ0n) is 33.5. The van der Waals surface area contributed by atoms with Crippen LogP contribution < -0.4 is 0 Å². The number of furan rings is 1. The summed E-state index contributed by atoms with van der Waals surface area (Å²) in [6, 6.07) is 76.1. The van der Waals surface area contributed by atoms with Gasteiger partial charge in [-0.2, -0.15) is 5.10 Å². The number of rotatable bonds is 7. The fraction of sp³-hybridized carbons (Fsp3) is 0. The Morgan fingerprint density at radius 3 is 1.66 bits per heavy atom. The summed E-state index contributed by atoms with van der Waals surface area (Å²) in [5, 5.41) is 9.93. The van der Waals surface area contributed by atoms with Crippen LogP contribution in [0.15, 0.2) is 223 Å². The van der Waals surface area contributed by atoms with E-state index < -0.39 is 0 Å². The van der Waals surface area contributed by atoms with Gasteiger partial charge in [-0.3, -0.25) is 0 Å². The second-order valence-electron chi connectivity index (χ2n) is 15.5. The maximum Gasteiger partial charge on any atom is 0.160 e. The molecule has 8 aromatic carbocycles. The van der Waals surface area contributed by atoms with E-state index in [1.165, 1.54) is 0 Å². The highest BCUT2D eigenvalue weighted by Gasteiger charge is 2.26. The molecule has 0 fully saturated rings. The van der Waals surface area contributed by atoms with Gasteiger partial charge in [-0.1, -0.05) is 194 Å². The van der Waals surface area contributed by atoms with Crippen LogP contribution in [0.25, 0.3) is 117 Å². The number of pyridine rings is 1. The standard InChI is InChI=1S/C57H36N4O/c1-5-19-37(20-6-1)52-54(38-21-7-2-8-22-38)60-61-55(39-23-9-3-10-24-39)51(43-29-13-14-30-44(43)56(52)61)42-28-17-27-41(35-42)47-36-48(59-57(58-47)40-25-11-4-12-26-40)45-32-18-34-50-53(45)46-31-15-16-33-49(46)62-50/h1-36H. The monoisotopic (exact) mass is 792 g/mol. The van der Waals surface area contributed by atoms with Gasteiger partial charge in [0, 0.05) is 55.1 Å². The van der Waals surface area contributed by atoms with Crippen LogP contribution >= 0.6 is 0 Å². The molecule has 12 aromatic rings. The molecular weight excluding hydrogens is 757 g/mol. The molecule has 4 heterocycles. The van der Waals surface area contributed by atoms with Crippen molar-refractivity contribution in [3.8, 4) is 78.7 Å². The first-order valence-electron chi connectivity index (χ1n) is 20.9. The molecule has 5 heteroatoms. The van der Waals surface area contributed by atoms with E-state index in [2.05, 4.69) is 180 Å². The van der Waals surface area contributed by atoms with Gasteiger partial charge in [0.1, 0.15) is 16.9 Å². The molecule has 0 aliphatic heterocycles. The maximum atomic E-state index is 6.33. The molecule has 0 aliphatic rings. The zero-order chi connectivity index (χ0) is 41.0. The molecule has 0 spiro atoms. The molecule has 0 bridgehead atoms. The van der Waals surface area contributed by atoms with Gasteiger partial charge in [0.05, 0.1) is 22.6 Å². The first-order valence-corrected chi connectivity index (χ1v) is 20.9. The molecule has 0 amide bonds. The van der Waals surface area contributed by atoms with Crippen molar-refractivity contribution in [2.24, 2.45) is 0 Å². The second-order valence-corrected chi connectivity index (χ2v) is 15.5. The molecule has 0 saturated carbocycles. The van der Waals surface area contributed by atoms with E-state index in [4.69, 9.17) is 19.5 Å². The summed E-state index contributed by atoms with van der Waals surface area (Å²) < 4.78 is 8.52. The van der Waals surface area contributed by atoms with Crippen LogP contribution in [0.1, 0.15) is 0 Å². The van der Waals surface area contributed by atoms with Crippen molar-refractivity contribution in [1.29, 1.82) is 0 Å². The normalized spacial score (nSPS) is 11.5. The fourth-order valence-electron chi connectivity index (χ4n) is 9.07. The summed E-state index contributed by atoms with van der Waals surface area (Å²) in [6.45, 7) is 0. The highest BCUT2D eigenvalue weighted by Crippen LogP contribution is 2.46. The third kappa shape index (κ3) is 5.90. The summed E-state index contributed by atoms with van der Waals surface area (Å²) in [7, 11) is 0. The topological polar surface area (TPSA) is 56.2 Å². The van der Waals surface area contributed by atoms with Crippen molar-refractivity contribution in [3.05, 3.63) is 218 Å². The molecule has 5 nitrogen and oxygen atoms in total. The van der Waals surface area contributed by atoms with Gasteiger partial charge in [0.15, 0.2) is 5.82 Å². The van der Waals surface area contributed by atoms with Gasteiger partial charge in [0.2, 0.25) is 0 Å². The van der Waals surface area contributed by atoms with Gasteiger partial charge in [-0.15, -0.1) is 0 Å². The van der Waals surface area contributed by atoms with Gasteiger partial charge in [-0.25, -0.2) is 14.5 Å². The first-order chi connectivity index (χ1) is 30.8. The number of aromatic nitrogens is 4. The average Bonchev–Trinajstić information content (AvgIpc) is 3.94. The van der Waals surface area contributed by atoms with Crippen molar-refractivity contribution in [2.75, 3.05) is 0 Å². The number of hydrogen-bond acceptors (Lipinski definition) is 4. The van der Waals surface area contributed by atoms with Crippen LogP contribution in [0.2, 0.25) is 0 Å². The molecule has 4 aromatic heterocycles. The van der Waals surface area contributed by atoms with Crippen LogP contribution in [0, 0.1) is 0 Å². The Labute approximate surface area is 357 Å². The molecule has 290 valence electrons. The molecule has 0 atom stereocenters. The Morgan fingerprint density at radius 2 is 0.919 bits per heavy atom. The average molecular weight is 793 g/mol. The maximum absolute atomic E-state index is 6.33. The van der Waals surface area contributed by atoms with E-state index in [1.807, 2.05) is 42.5 Å². The number of para-hydroxylation sites is 1. The quantitative estimate of drug-likeness (QED) is 0.161. The minimum atomic E-state index is 0.656. The number of nitrogens with zero attached hydrogens (tertiary/aromatic N) is 4. The number of benzene rings is 8. The summed E-state index contributed by atoms with van der Waals surface area (Å²) >= 11 is 0. The fourth-order valence-corrected chi connectivity index (χ4v) is 9.07. The van der Waals surface area contributed by atoms with Gasteiger partial charge < -0.3 is 4.42 Å². The third-order valence-electron chi connectivity index (χ3n) is 11.8. The first kappa shape index (κ1) is 35.5. The van der Waals surface area contributed by atoms with Gasteiger partial charge in [-0.05, 0) is 40.8 Å². The summed E-state index contributed by atoms with van der Waals surface area (Å²) in [5.74, 6) is 0.656. The van der Waals surface area contributed by atoms with E-state index in [9.17, 15) is 0 Å². The van der Waals surface area contributed by atoms with E-state index >= 15 is 0 Å². The highest BCUT2D eigenvalue weighted by molar-refractivity contribution is 6.15. The summed E-state index contributed by atoms with van der Waals surface area (Å²) in [4.78, 5) is 10.5. The second kappa shape index (κ2) is 14.7. The molecular formula is C57H36N4O. The Balaban J connectivity index is 1.13. The molecule has 0 aliphatic carbocycles. The predicted octanol–water partition coefficient (Wildman–Crippen LogP) is 14.8. The molecule has 0 unspecified atom stereocenters. The molecule has 12 rings (SSSR count). The summed E-state index contributed by atoms with van der Waals surface area (Å²) in [6.07, 6.45) is 0. The lowest BCUT2D eigenvalue weighted by Gasteiger charge is -2.18. The largest absolute Gasteiger partial charge is 0.456 e. The van der Waals surface area contributed by atoms with Crippen molar-refractivity contribution < 1.29 is 4.42 Å². The molecule has 0 saturated heterocycles. The predicted molar refractivity (Wildman–Crippen MR) is 254 cm³/mol. The van der Waals surface area contributed by atoms with Crippen LogP contribution in [0.3, 0.4) is 0 Å². The Bertz CT molecular complexity index is 3610.